The number of halogens is 1. The number of aromatic nitrogens is 1. The van der Waals surface area contributed by atoms with Crippen LogP contribution in [0.2, 0.25) is 0 Å². The first-order valence-corrected chi connectivity index (χ1v) is 7.66. The van der Waals surface area contributed by atoms with Crippen molar-refractivity contribution in [2.75, 3.05) is 20.6 Å². The van der Waals surface area contributed by atoms with Crippen molar-refractivity contribution in [3.8, 4) is 0 Å². The molecule has 0 aliphatic carbocycles. The third-order valence-electron chi connectivity index (χ3n) is 4.47. The van der Waals surface area contributed by atoms with E-state index in [4.69, 9.17) is 0 Å². The van der Waals surface area contributed by atoms with Crippen LogP contribution in [0.5, 0.6) is 0 Å². The third kappa shape index (κ3) is 2.50. The van der Waals surface area contributed by atoms with Crippen molar-refractivity contribution in [3.63, 3.8) is 0 Å². The second-order valence-electron chi connectivity index (χ2n) is 6.13. The van der Waals surface area contributed by atoms with Gasteiger partial charge in [-0.3, -0.25) is 4.79 Å². The van der Waals surface area contributed by atoms with Crippen LogP contribution < -0.4 is 5.32 Å². The monoisotopic (exact) mass is 303 g/mol. The number of hydrogen-bond donors (Lipinski definition) is 1. The Morgan fingerprint density at radius 3 is 2.95 bits per heavy atom. The van der Waals surface area contributed by atoms with Crippen molar-refractivity contribution in [1.29, 1.82) is 0 Å². The van der Waals surface area contributed by atoms with E-state index in [1.807, 2.05) is 16.7 Å². The molecule has 1 amide bonds. The molecule has 0 bridgehead atoms. The Bertz CT molecular complexity index is 722. The number of nitrogens with zero attached hydrogens (tertiary/aromatic N) is 2. The standard InChI is InChI=1S/C17H22FN3O/c1-11-4-5-15-12(8-11)13-9-20(3)7-6-16(13)21(15)10-14(18)17(22)19-2/h4-5,8,14H,6-7,9-10H2,1-3H3,(H,19,22). The Morgan fingerprint density at radius 2 is 2.23 bits per heavy atom. The van der Waals surface area contributed by atoms with E-state index >= 15 is 0 Å². The molecule has 1 aliphatic rings. The summed E-state index contributed by atoms with van der Waals surface area (Å²) in [5.74, 6) is -0.560. The zero-order chi connectivity index (χ0) is 15.9. The summed E-state index contributed by atoms with van der Waals surface area (Å²) in [7, 11) is 3.57. The van der Waals surface area contributed by atoms with Crippen molar-refractivity contribution < 1.29 is 9.18 Å². The zero-order valence-corrected chi connectivity index (χ0v) is 13.3. The molecule has 22 heavy (non-hydrogen) atoms. The summed E-state index contributed by atoms with van der Waals surface area (Å²) in [4.78, 5) is 13.8. The maximum Gasteiger partial charge on any atom is 0.256 e. The lowest BCUT2D eigenvalue weighted by atomic mass is 10.0. The van der Waals surface area contributed by atoms with E-state index in [1.54, 1.807) is 0 Å². The number of aryl methyl sites for hydroxylation is 1. The molecule has 3 rings (SSSR count). The number of nitrogens with one attached hydrogen (secondary N) is 1. The number of amides is 1. The maximum atomic E-state index is 14.2. The molecule has 0 saturated carbocycles. The molecule has 1 atom stereocenters. The Labute approximate surface area is 129 Å². The summed E-state index contributed by atoms with van der Waals surface area (Å²) in [6.07, 6.45) is -0.634. The van der Waals surface area contributed by atoms with Gasteiger partial charge in [-0.05, 0) is 31.7 Å². The van der Waals surface area contributed by atoms with Gasteiger partial charge in [-0.2, -0.15) is 0 Å². The fourth-order valence-electron chi connectivity index (χ4n) is 3.31. The second kappa shape index (κ2) is 5.72. The Balaban J connectivity index is 2.11. The number of likely N-dealkylation sites (N-methyl/N-ethyl adjacent to an activating group) is 1. The fraction of sp³-hybridized carbons (Fsp3) is 0.471. The van der Waals surface area contributed by atoms with Crippen LogP contribution in [0.4, 0.5) is 4.39 Å². The third-order valence-corrected chi connectivity index (χ3v) is 4.47. The van der Waals surface area contributed by atoms with E-state index in [1.165, 1.54) is 29.3 Å². The second-order valence-corrected chi connectivity index (χ2v) is 6.13. The van der Waals surface area contributed by atoms with Crippen LogP contribution in [0.1, 0.15) is 16.8 Å². The highest BCUT2D eigenvalue weighted by Crippen LogP contribution is 2.31. The van der Waals surface area contributed by atoms with Crippen LogP contribution in [0, 0.1) is 6.92 Å². The Kier molecular flexibility index (Phi) is 3.91. The van der Waals surface area contributed by atoms with Crippen LogP contribution in [-0.2, 0) is 24.3 Å². The molecule has 5 heteroatoms. The summed E-state index contributed by atoms with van der Waals surface area (Å²) < 4.78 is 16.2. The topological polar surface area (TPSA) is 37.3 Å². The summed E-state index contributed by atoms with van der Waals surface area (Å²) in [6, 6.07) is 6.25. The molecule has 0 fully saturated rings. The van der Waals surface area contributed by atoms with Gasteiger partial charge in [0, 0.05) is 43.2 Å². The highest BCUT2D eigenvalue weighted by atomic mass is 19.1. The number of carbonyl (C=O) groups is 1. The Morgan fingerprint density at radius 1 is 1.45 bits per heavy atom. The molecular weight excluding hydrogens is 281 g/mol. The van der Waals surface area contributed by atoms with E-state index in [2.05, 4.69) is 30.3 Å². The van der Waals surface area contributed by atoms with Crippen molar-refractivity contribution >= 4 is 16.8 Å². The van der Waals surface area contributed by atoms with Crippen LogP contribution in [0.15, 0.2) is 18.2 Å². The zero-order valence-electron chi connectivity index (χ0n) is 13.3. The first-order chi connectivity index (χ1) is 10.5. The molecular formula is C17H22FN3O. The van der Waals surface area contributed by atoms with Crippen molar-refractivity contribution in [2.45, 2.75) is 32.6 Å². The average molecular weight is 303 g/mol. The van der Waals surface area contributed by atoms with Gasteiger partial charge in [0.25, 0.3) is 5.91 Å². The van der Waals surface area contributed by atoms with Crippen molar-refractivity contribution in [2.24, 2.45) is 0 Å². The lowest BCUT2D eigenvalue weighted by Crippen LogP contribution is -2.33. The van der Waals surface area contributed by atoms with E-state index in [0.717, 1.165) is 25.0 Å². The van der Waals surface area contributed by atoms with Gasteiger partial charge in [0.15, 0.2) is 6.17 Å². The molecule has 1 aliphatic heterocycles. The minimum atomic E-state index is -1.52. The van der Waals surface area contributed by atoms with Crippen LogP contribution in [0.25, 0.3) is 10.9 Å². The highest BCUT2D eigenvalue weighted by Gasteiger charge is 2.25. The van der Waals surface area contributed by atoms with Crippen LogP contribution in [0.3, 0.4) is 0 Å². The minimum absolute atomic E-state index is 0.0816. The molecule has 1 aromatic heterocycles. The lowest BCUT2D eigenvalue weighted by Gasteiger charge is -2.24. The summed E-state index contributed by atoms with van der Waals surface area (Å²) in [5.41, 5.74) is 4.67. The number of hydrogen-bond acceptors (Lipinski definition) is 2. The maximum absolute atomic E-state index is 14.2. The van der Waals surface area contributed by atoms with Gasteiger partial charge in [0.2, 0.25) is 0 Å². The summed E-state index contributed by atoms with van der Waals surface area (Å²) in [5, 5.41) is 3.57. The predicted molar refractivity (Wildman–Crippen MR) is 85.7 cm³/mol. The predicted octanol–water partition coefficient (Wildman–Crippen LogP) is 2.02. The highest BCUT2D eigenvalue weighted by molar-refractivity contribution is 5.87. The van der Waals surface area contributed by atoms with Crippen molar-refractivity contribution in [3.05, 3.63) is 35.0 Å². The van der Waals surface area contributed by atoms with Gasteiger partial charge >= 0.3 is 0 Å². The first-order valence-electron chi connectivity index (χ1n) is 7.66. The molecule has 4 nitrogen and oxygen atoms in total. The molecule has 2 heterocycles. The van der Waals surface area contributed by atoms with Crippen LogP contribution >= 0.6 is 0 Å². The lowest BCUT2D eigenvalue weighted by molar-refractivity contribution is -0.125. The van der Waals surface area contributed by atoms with E-state index in [-0.39, 0.29) is 6.54 Å². The molecule has 1 N–H and O–H groups in total. The number of rotatable bonds is 3. The SMILES string of the molecule is CNC(=O)C(F)Cn1c2c(c3cc(C)ccc31)CN(C)CC2. The van der Waals surface area contributed by atoms with Gasteiger partial charge in [0.1, 0.15) is 0 Å². The molecule has 1 unspecified atom stereocenters. The smallest absolute Gasteiger partial charge is 0.256 e. The number of fused-ring (bicyclic) bond motifs is 3. The van der Waals surface area contributed by atoms with Gasteiger partial charge in [-0.1, -0.05) is 11.6 Å². The first kappa shape index (κ1) is 15.0. The van der Waals surface area contributed by atoms with Gasteiger partial charge in [0.05, 0.1) is 6.54 Å². The Hall–Kier alpha value is -1.88. The summed E-state index contributed by atoms with van der Waals surface area (Å²) in [6.45, 7) is 3.98. The van der Waals surface area contributed by atoms with Crippen molar-refractivity contribution in [1.82, 2.24) is 14.8 Å². The number of benzene rings is 1. The number of alkyl halides is 1. The van der Waals surface area contributed by atoms with Crippen LogP contribution in [-0.4, -0.2) is 42.2 Å². The van der Waals surface area contributed by atoms with Gasteiger partial charge < -0.3 is 14.8 Å². The largest absolute Gasteiger partial charge is 0.357 e. The molecule has 118 valence electrons. The van der Waals surface area contributed by atoms with E-state index in [9.17, 15) is 9.18 Å². The average Bonchev–Trinajstić information content (AvgIpc) is 2.79. The molecule has 0 radical (unpaired) electrons. The van der Waals surface area contributed by atoms with E-state index in [0.29, 0.717) is 0 Å². The van der Waals surface area contributed by atoms with Gasteiger partial charge in [-0.25, -0.2) is 4.39 Å². The quantitative estimate of drug-likeness (QED) is 0.942. The molecule has 0 spiro atoms. The number of carbonyl (C=O) groups excluding carboxylic acids is 1. The molecule has 1 aromatic carbocycles. The normalized spacial score (nSPS) is 16.5. The fourth-order valence-corrected chi connectivity index (χ4v) is 3.31. The molecule has 0 saturated heterocycles. The summed E-state index contributed by atoms with van der Waals surface area (Å²) >= 11 is 0. The van der Waals surface area contributed by atoms with E-state index < -0.39 is 12.1 Å². The molecule has 2 aromatic rings. The van der Waals surface area contributed by atoms with Gasteiger partial charge in [-0.15, -0.1) is 0 Å². The minimum Gasteiger partial charge on any atom is -0.357 e.